The van der Waals surface area contributed by atoms with Gasteiger partial charge in [-0.3, -0.25) is 0 Å². The van der Waals surface area contributed by atoms with Gasteiger partial charge in [-0.25, -0.2) is 17.7 Å². The maximum atomic E-state index is 13.8. The monoisotopic (exact) mass is 283 g/mol. The van der Waals surface area contributed by atoms with E-state index in [2.05, 4.69) is 0 Å². The normalized spacial score (nSPS) is 14.3. The predicted octanol–water partition coefficient (Wildman–Crippen LogP) is 3.18. The lowest BCUT2D eigenvalue weighted by Gasteiger charge is -2.09. The smallest absolute Gasteiger partial charge is 0.202 e. The highest BCUT2D eigenvalue weighted by atomic mass is 19.2. The van der Waals surface area contributed by atoms with Crippen LogP contribution in [0.5, 0.6) is 11.8 Å². The van der Waals surface area contributed by atoms with E-state index in [4.69, 9.17) is 0 Å². The van der Waals surface area contributed by atoms with Crippen molar-refractivity contribution in [2.45, 2.75) is 25.7 Å². The molecular weight excluding hydrogens is 271 g/mol. The lowest BCUT2D eigenvalue weighted by atomic mass is 9.95. The summed E-state index contributed by atoms with van der Waals surface area (Å²) in [4.78, 5) is 0. The molecule has 0 atom stereocenters. The summed E-state index contributed by atoms with van der Waals surface area (Å²) in [7, 11) is 0. The molecule has 0 saturated carbocycles. The lowest BCUT2D eigenvalue weighted by molar-refractivity contribution is 0.394. The zero-order chi connectivity index (χ0) is 14.4. The molecule has 2 aromatic rings. The van der Waals surface area contributed by atoms with Gasteiger partial charge in [0.15, 0.2) is 17.5 Å². The van der Waals surface area contributed by atoms with Crippen LogP contribution < -0.4 is 0 Å². The molecule has 1 aliphatic carbocycles. The molecule has 20 heavy (non-hydrogen) atoms. The fourth-order valence-electron chi connectivity index (χ4n) is 2.68. The Bertz CT molecular complexity index is 665. The molecule has 0 radical (unpaired) electrons. The molecule has 106 valence electrons. The van der Waals surface area contributed by atoms with Crippen LogP contribution in [0.25, 0.3) is 5.69 Å². The van der Waals surface area contributed by atoms with Gasteiger partial charge in [0.25, 0.3) is 0 Å². The fraction of sp³-hybridized carbons (Fsp3) is 0.286. The van der Waals surface area contributed by atoms with Gasteiger partial charge < -0.3 is 10.2 Å². The van der Waals surface area contributed by atoms with Gasteiger partial charge in [-0.2, -0.15) is 0 Å². The molecule has 1 aliphatic rings. The molecular formula is C14H12F3NO2. The van der Waals surface area contributed by atoms with Gasteiger partial charge in [-0.1, -0.05) is 0 Å². The van der Waals surface area contributed by atoms with Crippen molar-refractivity contribution in [2.75, 3.05) is 0 Å². The molecule has 0 bridgehead atoms. The zero-order valence-corrected chi connectivity index (χ0v) is 10.5. The summed E-state index contributed by atoms with van der Waals surface area (Å²) in [5.74, 6) is -4.25. The van der Waals surface area contributed by atoms with E-state index in [1.807, 2.05) is 0 Å². The second-order valence-corrected chi connectivity index (χ2v) is 4.86. The Morgan fingerprint density at radius 2 is 1.30 bits per heavy atom. The molecule has 0 fully saturated rings. The minimum atomic E-state index is -1.32. The maximum Gasteiger partial charge on any atom is 0.202 e. The average molecular weight is 283 g/mol. The molecule has 6 heteroatoms. The number of aromatic hydroxyl groups is 2. The van der Waals surface area contributed by atoms with Crippen molar-refractivity contribution >= 4 is 0 Å². The van der Waals surface area contributed by atoms with Gasteiger partial charge in [0.05, 0.1) is 5.69 Å². The van der Waals surface area contributed by atoms with E-state index in [1.165, 1.54) is 0 Å². The maximum absolute atomic E-state index is 13.8. The number of fused-ring (bicyclic) bond motifs is 1. The summed E-state index contributed by atoms with van der Waals surface area (Å²) in [6.45, 7) is 0. The van der Waals surface area contributed by atoms with Gasteiger partial charge in [-0.05, 0) is 25.7 Å². The van der Waals surface area contributed by atoms with Crippen molar-refractivity contribution in [3.8, 4) is 17.4 Å². The number of halogens is 3. The SMILES string of the molecule is Oc1c2c(c(O)n1-c1cc(F)c(F)cc1F)CCCC2. The van der Waals surface area contributed by atoms with Crippen molar-refractivity contribution in [1.82, 2.24) is 4.57 Å². The summed E-state index contributed by atoms with van der Waals surface area (Å²) in [5.41, 5.74) is 0.670. The van der Waals surface area contributed by atoms with E-state index in [9.17, 15) is 23.4 Å². The quantitative estimate of drug-likeness (QED) is 0.789. The third-order valence-electron chi connectivity index (χ3n) is 3.66. The summed E-state index contributed by atoms with van der Waals surface area (Å²) in [6.07, 6.45) is 2.83. The number of nitrogens with zero attached hydrogens (tertiary/aromatic N) is 1. The number of hydrogen-bond donors (Lipinski definition) is 2. The highest BCUT2D eigenvalue weighted by Crippen LogP contribution is 2.41. The Labute approximate surface area is 112 Å². The van der Waals surface area contributed by atoms with E-state index in [0.717, 1.165) is 17.4 Å². The van der Waals surface area contributed by atoms with Crippen LogP contribution in [0.15, 0.2) is 12.1 Å². The first-order chi connectivity index (χ1) is 9.50. The number of hydrogen-bond acceptors (Lipinski definition) is 2. The molecule has 3 nitrogen and oxygen atoms in total. The van der Waals surface area contributed by atoms with Crippen LogP contribution in [0.3, 0.4) is 0 Å². The zero-order valence-electron chi connectivity index (χ0n) is 10.5. The minimum Gasteiger partial charge on any atom is -0.494 e. The molecule has 0 aliphatic heterocycles. The van der Waals surface area contributed by atoms with E-state index in [-0.39, 0.29) is 11.8 Å². The van der Waals surface area contributed by atoms with E-state index in [1.54, 1.807) is 0 Å². The first-order valence-corrected chi connectivity index (χ1v) is 6.30. The molecule has 2 N–H and O–H groups in total. The van der Waals surface area contributed by atoms with Crippen LogP contribution in [0.4, 0.5) is 13.2 Å². The van der Waals surface area contributed by atoms with E-state index in [0.29, 0.717) is 36.1 Å². The van der Waals surface area contributed by atoms with E-state index < -0.39 is 23.1 Å². The first kappa shape index (κ1) is 12.9. The summed E-state index contributed by atoms with van der Waals surface area (Å²) in [5, 5.41) is 20.2. The summed E-state index contributed by atoms with van der Waals surface area (Å²) >= 11 is 0. The number of rotatable bonds is 1. The van der Waals surface area contributed by atoms with Gasteiger partial charge in [0, 0.05) is 23.3 Å². The second-order valence-electron chi connectivity index (χ2n) is 4.86. The van der Waals surface area contributed by atoms with Crippen molar-refractivity contribution in [1.29, 1.82) is 0 Å². The average Bonchev–Trinajstić information content (AvgIpc) is 2.68. The van der Waals surface area contributed by atoms with Crippen molar-refractivity contribution in [3.05, 3.63) is 40.7 Å². The minimum absolute atomic E-state index is 0.317. The van der Waals surface area contributed by atoms with Crippen LogP contribution in [-0.4, -0.2) is 14.8 Å². The fourth-order valence-corrected chi connectivity index (χ4v) is 2.68. The van der Waals surface area contributed by atoms with Gasteiger partial charge in [0.2, 0.25) is 11.8 Å². The molecule has 0 spiro atoms. The Morgan fingerprint density at radius 1 is 0.800 bits per heavy atom. The van der Waals surface area contributed by atoms with Crippen molar-refractivity contribution < 1.29 is 23.4 Å². The third-order valence-corrected chi connectivity index (χ3v) is 3.66. The molecule has 0 unspecified atom stereocenters. The molecule has 1 aromatic heterocycles. The third kappa shape index (κ3) is 1.75. The second kappa shape index (κ2) is 4.47. The number of benzene rings is 1. The van der Waals surface area contributed by atoms with Gasteiger partial charge in [0.1, 0.15) is 0 Å². The highest BCUT2D eigenvalue weighted by Gasteiger charge is 2.27. The molecule has 3 rings (SSSR count). The largest absolute Gasteiger partial charge is 0.494 e. The van der Waals surface area contributed by atoms with Gasteiger partial charge >= 0.3 is 0 Å². The predicted molar refractivity (Wildman–Crippen MR) is 65.6 cm³/mol. The summed E-state index contributed by atoms with van der Waals surface area (Å²) < 4.78 is 40.8. The molecule has 1 heterocycles. The lowest BCUT2D eigenvalue weighted by Crippen LogP contribution is -2.00. The topological polar surface area (TPSA) is 45.4 Å². The van der Waals surface area contributed by atoms with Crippen LogP contribution in [0.1, 0.15) is 24.0 Å². The van der Waals surface area contributed by atoms with Crippen molar-refractivity contribution in [3.63, 3.8) is 0 Å². The Morgan fingerprint density at radius 3 is 1.85 bits per heavy atom. The first-order valence-electron chi connectivity index (χ1n) is 6.30. The van der Waals surface area contributed by atoms with Crippen LogP contribution >= 0.6 is 0 Å². The molecule has 0 saturated heterocycles. The molecule has 0 amide bonds. The number of aromatic nitrogens is 1. The van der Waals surface area contributed by atoms with E-state index >= 15 is 0 Å². The van der Waals surface area contributed by atoms with Gasteiger partial charge in [-0.15, -0.1) is 0 Å². The Hall–Kier alpha value is -2.11. The van der Waals surface area contributed by atoms with Crippen LogP contribution in [-0.2, 0) is 12.8 Å². The highest BCUT2D eigenvalue weighted by molar-refractivity contribution is 5.54. The Balaban J connectivity index is 2.25. The standard InChI is InChI=1S/C14H12F3NO2/c15-9-5-11(17)12(6-10(9)16)18-13(19)7-3-1-2-4-8(7)14(18)20/h5-6,19-20H,1-4H2. The van der Waals surface area contributed by atoms with Crippen LogP contribution in [0, 0.1) is 17.5 Å². The molecule has 1 aromatic carbocycles. The van der Waals surface area contributed by atoms with Crippen molar-refractivity contribution in [2.24, 2.45) is 0 Å². The van der Waals surface area contributed by atoms with Crippen LogP contribution in [0.2, 0.25) is 0 Å². The Kier molecular flexibility index (Phi) is 2.88. The summed E-state index contributed by atoms with van der Waals surface area (Å²) in [6, 6.07) is 1.01.